The molecule has 0 amide bonds. The molecule has 1 aromatic rings. The van der Waals surface area contributed by atoms with E-state index in [1.165, 1.54) is 5.19 Å². The first-order valence-corrected chi connectivity index (χ1v) is 16.8. The van der Waals surface area contributed by atoms with Crippen LogP contribution in [0.3, 0.4) is 0 Å². The predicted octanol–water partition coefficient (Wildman–Crippen LogP) is 3.86. The monoisotopic (exact) mass is 538 g/mol. The summed E-state index contributed by atoms with van der Waals surface area (Å²) in [4.78, 5) is 23.7. The Morgan fingerprint density at radius 1 is 0.861 bits per heavy atom. The first-order valence-electron chi connectivity index (χ1n) is 12.0. The van der Waals surface area contributed by atoms with Crippen LogP contribution in [0.2, 0.25) is 24.7 Å². The lowest BCUT2D eigenvalue weighted by Gasteiger charge is -2.32. The summed E-state index contributed by atoms with van der Waals surface area (Å²) in [6.07, 6.45) is 0.0956. The molecule has 0 saturated heterocycles. The van der Waals surface area contributed by atoms with Crippen LogP contribution in [-0.4, -0.2) is 76.1 Å². The summed E-state index contributed by atoms with van der Waals surface area (Å²) in [6, 6.07) is 13.2. The second kappa shape index (κ2) is 15.9. The molecular weight excluding hydrogens is 496 g/mol. The van der Waals surface area contributed by atoms with Crippen molar-refractivity contribution in [3.05, 3.63) is 54.6 Å². The predicted molar refractivity (Wildman–Crippen MR) is 145 cm³/mol. The van der Waals surface area contributed by atoms with E-state index in [-0.39, 0.29) is 24.4 Å². The Balaban J connectivity index is 2.75. The second-order valence-corrected chi connectivity index (χ2v) is 16.9. The van der Waals surface area contributed by atoms with Crippen molar-refractivity contribution in [2.24, 2.45) is 0 Å². The number of carbonyl (C=O) groups is 2. The van der Waals surface area contributed by atoms with Gasteiger partial charge in [-0.3, -0.25) is 0 Å². The van der Waals surface area contributed by atoms with Gasteiger partial charge in [-0.25, -0.2) is 9.59 Å². The van der Waals surface area contributed by atoms with Crippen LogP contribution in [0.1, 0.15) is 20.3 Å². The molecule has 0 aromatic heterocycles. The third kappa shape index (κ3) is 10.5. The Kier molecular flexibility index (Phi) is 14.1. The third-order valence-electron chi connectivity index (χ3n) is 6.08. The second-order valence-electron chi connectivity index (χ2n) is 9.09. The lowest BCUT2D eigenvalue weighted by Crippen LogP contribution is -2.49. The Morgan fingerprint density at radius 2 is 1.44 bits per heavy atom. The molecule has 0 bridgehead atoms. The molecule has 0 N–H and O–H groups in total. The van der Waals surface area contributed by atoms with Gasteiger partial charge < -0.3 is 27.5 Å². The van der Waals surface area contributed by atoms with E-state index in [4.69, 9.17) is 27.5 Å². The van der Waals surface area contributed by atoms with E-state index in [2.05, 4.69) is 44.0 Å². The average molecular weight is 539 g/mol. The van der Waals surface area contributed by atoms with Crippen molar-refractivity contribution in [2.75, 3.05) is 41.2 Å². The van der Waals surface area contributed by atoms with Crippen LogP contribution in [0.4, 0.5) is 0 Å². The zero-order chi connectivity index (χ0) is 27.2. The van der Waals surface area contributed by atoms with Crippen LogP contribution in [0.25, 0.3) is 0 Å². The molecule has 0 saturated carbocycles. The van der Waals surface area contributed by atoms with Crippen LogP contribution >= 0.6 is 0 Å². The van der Waals surface area contributed by atoms with E-state index in [0.29, 0.717) is 6.61 Å². The molecule has 0 aliphatic heterocycles. The number of rotatable bonds is 18. The van der Waals surface area contributed by atoms with Gasteiger partial charge in [-0.05, 0) is 26.3 Å². The van der Waals surface area contributed by atoms with Crippen molar-refractivity contribution >= 4 is 34.0 Å². The first kappa shape index (κ1) is 31.9. The van der Waals surface area contributed by atoms with Gasteiger partial charge in [0.25, 0.3) is 0 Å². The van der Waals surface area contributed by atoms with Gasteiger partial charge in [0.1, 0.15) is 6.61 Å². The molecule has 202 valence electrons. The zero-order valence-corrected chi connectivity index (χ0v) is 24.6. The molecule has 0 radical (unpaired) electrons. The van der Waals surface area contributed by atoms with Gasteiger partial charge in [-0.2, -0.15) is 0 Å². The molecule has 0 heterocycles. The van der Waals surface area contributed by atoms with Crippen LogP contribution in [0.5, 0.6) is 0 Å². The lowest BCUT2D eigenvalue weighted by molar-refractivity contribution is -0.157. The highest BCUT2D eigenvalue weighted by atomic mass is 28.4. The van der Waals surface area contributed by atoms with Crippen LogP contribution < -0.4 is 5.19 Å². The van der Waals surface area contributed by atoms with Gasteiger partial charge >= 0.3 is 20.7 Å². The van der Waals surface area contributed by atoms with E-state index >= 15 is 0 Å². The summed E-state index contributed by atoms with van der Waals surface area (Å²) >= 11 is 0. The highest BCUT2D eigenvalue weighted by Crippen LogP contribution is 2.26. The average Bonchev–Trinajstić information content (AvgIpc) is 2.88. The van der Waals surface area contributed by atoms with Crippen molar-refractivity contribution in [3.8, 4) is 0 Å². The van der Waals surface area contributed by atoms with Crippen molar-refractivity contribution in [1.29, 1.82) is 0 Å². The number of benzene rings is 1. The molecule has 8 nitrogen and oxygen atoms in total. The topological polar surface area (TPSA) is 89.5 Å². The van der Waals surface area contributed by atoms with Crippen molar-refractivity contribution in [2.45, 2.75) is 51.1 Å². The summed E-state index contributed by atoms with van der Waals surface area (Å²) < 4.78 is 33.3. The smallest absolute Gasteiger partial charge is 0.458 e. The molecule has 1 aromatic carbocycles. The van der Waals surface area contributed by atoms with E-state index in [1.807, 2.05) is 6.07 Å². The maximum atomic E-state index is 12.0. The molecule has 2 atom stereocenters. The fourth-order valence-electron chi connectivity index (χ4n) is 3.68. The fraction of sp³-hybridized carbons (Fsp3) is 0.538. The van der Waals surface area contributed by atoms with Crippen LogP contribution in [0.15, 0.2) is 54.6 Å². The van der Waals surface area contributed by atoms with Gasteiger partial charge in [-0.1, -0.05) is 61.3 Å². The minimum absolute atomic E-state index is 0.110. The Labute approximate surface area is 217 Å². The summed E-state index contributed by atoms with van der Waals surface area (Å²) in [5.74, 6) is -1.10. The Bertz CT molecular complexity index is 848. The SMILES string of the molecule is C=C(C)C(=O)OCC(COCCC[Si](C)(CC[Si](OC)(OC)OC)c1ccccc1)OC(=O)C(=C)C. The molecule has 0 aliphatic carbocycles. The van der Waals surface area contributed by atoms with E-state index < -0.39 is 34.9 Å². The number of hydrogen-bond acceptors (Lipinski definition) is 8. The van der Waals surface area contributed by atoms with Crippen LogP contribution in [-0.2, 0) is 37.1 Å². The lowest BCUT2D eigenvalue weighted by atomic mass is 10.3. The number of esters is 2. The minimum atomic E-state index is -2.68. The quantitative estimate of drug-likeness (QED) is 0.120. The third-order valence-corrected chi connectivity index (χ3v) is 13.8. The molecular formula is C26H42O8Si2. The van der Waals surface area contributed by atoms with Gasteiger partial charge in [0.2, 0.25) is 0 Å². The fourth-order valence-corrected chi connectivity index (χ4v) is 11.0. The largest absolute Gasteiger partial charge is 0.499 e. The van der Waals surface area contributed by atoms with E-state index in [0.717, 1.165) is 24.6 Å². The summed E-state index contributed by atoms with van der Waals surface area (Å²) in [6.45, 7) is 13.1. The van der Waals surface area contributed by atoms with Gasteiger partial charge in [0, 0.05) is 45.1 Å². The van der Waals surface area contributed by atoms with Gasteiger partial charge in [-0.15, -0.1) is 0 Å². The number of ether oxygens (including phenoxy) is 3. The standard InChI is InChI=1S/C26H42O8Si2/c1-21(2)25(27)33-20-23(34-26(28)22(3)4)19-32-15-12-16-35(8,24-13-10-9-11-14-24)17-18-36(29-5,30-6)31-7/h9-11,13-14,23H,1,3,12,15-20H2,2,4-8H3. The number of carbonyl (C=O) groups excluding carboxylic acids is 2. The minimum Gasteiger partial charge on any atom is -0.458 e. The summed E-state index contributed by atoms with van der Waals surface area (Å²) in [5, 5.41) is 1.36. The normalized spacial score (nSPS) is 13.9. The summed E-state index contributed by atoms with van der Waals surface area (Å²) in [5.41, 5.74) is 0.534. The number of hydrogen-bond donors (Lipinski definition) is 0. The highest BCUT2D eigenvalue weighted by Gasteiger charge is 2.41. The highest BCUT2D eigenvalue weighted by molar-refractivity contribution is 6.91. The zero-order valence-electron chi connectivity index (χ0n) is 22.6. The van der Waals surface area contributed by atoms with Gasteiger partial charge in [0.15, 0.2) is 6.10 Å². The molecule has 2 unspecified atom stereocenters. The molecule has 0 spiro atoms. The van der Waals surface area contributed by atoms with Crippen LogP contribution in [0, 0.1) is 0 Å². The van der Waals surface area contributed by atoms with Crippen molar-refractivity contribution < 1.29 is 37.1 Å². The van der Waals surface area contributed by atoms with Crippen molar-refractivity contribution in [3.63, 3.8) is 0 Å². The Hall–Kier alpha value is -2.09. The maximum absolute atomic E-state index is 12.0. The molecule has 10 heteroatoms. The Morgan fingerprint density at radius 3 is 1.97 bits per heavy atom. The summed E-state index contributed by atoms with van der Waals surface area (Å²) in [7, 11) is 0.327. The molecule has 0 fully saturated rings. The molecule has 0 aliphatic rings. The van der Waals surface area contributed by atoms with E-state index in [1.54, 1.807) is 35.2 Å². The molecule has 36 heavy (non-hydrogen) atoms. The molecule has 1 rings (SSSR count). The van der Waals surface area contributed by atoms with Gasteiger partial charge in [0.05, 0.1) is 14.7 Å². The first-order chi connectivity index (χ1) is 17.0. The maximum Gasteiger partial charge on any atom is 0.499 e. The van der Waals surface area contributed by atoms with Crippen molar-refractivity contribution in [1.82, 2.24) is 0 Å². The van der Waals surface area contributed by atoms with E-state index in [9.17, 15) is 9.59 Å².